The van der Waals surface area contributed by atoms with Gasteiger partial charge in [0.1, 0.15) is 0 Å². The molecule has 0 aromatic heterocycles. The van der Waals surface area contributed by atoms with E-state index in [4.69, 9.17) is 4.74 Å². The lowest BCUT2D eigenvalue weighted by Gasteiger charge is -2.32. The Kier molecular flexibility index (Phi) is 5.73. The number of methoxy groups -OCH3 is 1. The predicted molar refractivity (Wildman–Crippen MR) is 66.6 cm³/mol. The van der Waals surface area contributed by atoms with Gasteiger partial charge >= 0.3 is 0 Å². The summed E-state index contributed by atoms with van der Waals surface area (Å²) in [6.45, 7) is 6.71. The van der Waals surface area contributed by atoms with Crippen molar-refractivity contribution >= 4 is 0 Å². The highest BCUT2D eigenvalue weighted by Crippen LogP contribution is 2.20. The Morgan fingerprint density at radius 3 is 2.69 bits per heavy atom. The van der Waals surface area contributed by atoms with Crippen LogP contribution in [0.15, 0.2) is 0 Å². The van der Waals surface area contributed by atoms with E-state index in [1.165, 1.54) is 19.3 Å². The second-order valence-electron chi connectivity index (χ2n) is 5.44. The summed E-state index contributed by atoms with van der Waals surface area (Å²) in [7, 11) is 1.77. The van der Waals surface area contributed by atoms with Gasteiger partial charge in [0.05, 0.1) is 12.2 Å². The SMILES string of the molecule is COC(C)(C)CCN1CCCCCC1CO. The molecular formula is C13H27NO2. The molecule has 0 aromatic rings. The molecule has 1 aliphatic rings. The van der Waals surface area contributed by atoms with E-state index in [1.807, 2.05) is 0 Å². The Morgan fingerprint density at radius 2 is 2.06 bits per heavy atom. The minimum absolute atomic E-state index is 0.0493. The van der Waals surface area contributed by atoms with E-state index in [0.29, 0.717) is 12.6 Å². The highest BCUT2D eigenvalue weighted by molar-refractivity contribution is 4.78. The second kappa shape index (κ2) is 6.58. The third-order valence-corrected chi connectivity index (χ3v) is 3.76. The van der Waals surface area contributed by atoms with Crippen LogP contribution in [0.4, 0.5) is 0 Å². The van der Waals surface area contributed by atoms with Crippen molar-refractivity contribution in [3.05, 3.63) is 0 Å². The van der Waals surface area contributed by atoms with Crippen molar-refractivity contribution in [1.29, 1.82) is 0 Å². The van der Waals surface area contributed by atoms with Crippen LogP contribution >= 0.6 is 0 Å². The van der Waals surface area contributed by atoms with Crippen LogP contribution in [-0.4, -0.2) is 48.5 Å². The standard InChI is InChI=1S/C13H27NO2/c1-13(2,16-3)8-10-14-9-6-4-5-7-12(14)11-15/h12,15H,4-11H2,1-3H3. The molecule has 16 heavy (non-hydrogen) atoms. The maximum absolute atomic E-state index is 9.40. The lowest BCUT2D eigenvalue weighted by molar-refractivity contribution is 0.00114. The molecule has 0 aliphatic carbocycles. The summed E-state index contributed by atoms with van der Waals surface area (Å²) in [5.74, 6) is 0. The molecule has 3 nitrogen and oxygen atoms in total. The Balaban J connectivity index is 2.42. The quantitative estimate of drug-likeness (QED) is 0.783. The molecule has 0 saturated carbocycles. The predicted octanol–water partition coefficient (Wildman–Crippen LogP) is 2.04. The van der Waals surface area contributed by atoms with Crippen LogP contribution in [0.5, 0.6) is 0 Å². The smallest absolute Gasteiger partial charge is 0.0634 e. The van der Waals surface area contributed by atoms with E-state index in [2.05, 4.69) is 18.7 Å². The summed E-state index contributed by atoms with van der Waals surface area (Å²) in [6.07, 6.45) is 6.00. The van der Waals surface area contributed by atoms with Crippen LogP contribution < -0.4 is 0 Å². The Bertz CT molecular complexity index is 194. The fraction of sp³-hybridized carbons (Fsp3) is 1.00. The summed E-state index contributed by atoms with van der Waals surface area (Å²) < 4.78 is 5.44. The fourth-order valence-corrected chi connectivity index (χ4v) is 2.25. The fourth-order valence-electron chi connectivity index (χ4n) is 2.25. The first-order chi connectivity index (χ1) is 7.59. The summed E-state index contributed by atoms with van der Waals surface area (Å²) in [5, 5.41) is 9.40. The van der Waals surface area contributed by atoms with Gasteiger partial charge in [-0.15, -0.1) is 0 Å². The molecule has 1 rings (SSSR count). The molecule has 96 valence electrons. The van der Waals surface area contributed by atoms with Crippen molar-refractivity contribution in [3.8, 4) is 0 Å². The Hall–Kier alpha value is -0.120. The van der Waals surface area contributed by atoms with Crippen molar-refractivity contribution in [1.82, 2.24) is 4.90 Å². The van der Waals surface area contributed by atoms with Gasteiger partial charge in [-0.05, 0) is 39.7 Å². The number of ether oxygens (including phenoxy) is 1. The number of aliphatic hydroxyl groups excluding tert-OH is 1. The molecule has 0 bridgehead atoms. The van der Waals surface area contributed by atoms with Crippen LogP contribution in [0.2, 0.25) is 0 Å². The van der Waals surface area contributed by atoms with E-state index in [-0.39, 0.29) is 5.60 Å². The van der Waals surface area contributed by atoms with Gasteiger partial charge in [-0.3, -0.25) is 4.90 Å². The van der Waals surface area contributed by atoms with Crippen molar-refractivity contribution in [2.75, 3.05) is 26.8 Å². The van der Waals surface area contributed by atoms with Crippen LogP contribution in [0.1, 0.15) is 46.0 Å². The Morgan fingerprint density at radius 1 is 1.31 bits per heavy atom. The normalized spacial score (nSPS) is 24.4. The number of likely N-dealkylation sites (tertiary alicyclic amines) is 1. The van der Waals surface area contributed by atoms with E-state index >= 15 is 0 Å². The van der Waals surface area contributed by atoms with E-state index in [0.717, 1.165) is 25.9 Å². The molecule has 1 saturated heterocycles. The first kappa shape index (κ1) is 13.9. The number of nitrogens with zero attached hydrogens (tertiary/aromatic N) is 1. The van der Waals surface area contributed by atoms with Gasteiger partial charge in [0.15, 0.2) is 0 Å². The van der Waals surface area contributed by atoms with Crippen LogP contribution in [0.25, 0.3) is 0 Å². The van der Waals surface area contributed by atoms with Gasteiger partial charge in [-0.1, -0.05) is 12.8 Å². The van der Waals surface area contributed by atoms with Crippen molar-refractivity contribution in [2.24, 2.45) is 0 Å². The highest BCUT2D eigenvalue weighted by Gasteiger charge is 2.23. The molecule has 1 unspecified atom stereocenters. The molecule has 1 heterocycles. The summed E-state index contributed by atoms with van der Waals surface area (Å²) in [4.78, 5) is 2.44. The number of hydrogen-bond acceptors (Lipinski definition) is 3. The molecule has 0 aromatic carbocycles. The summed E-state index contributed by atoms with van der Waals surface area (Å²) >= 11 is 0. The first-order valence-corrected chi connectivity index (χ1v) is 6.49. The van der Waals surface area contributed by atoms with Crippen LogP contribution in [0.3, 0.4) is 0 Å². The number of rotatable bonds is 5. The minimum atomic E-state index is -0.0493. The molecule has 0 radical (unpaired) electrons. The molecule has 1 atom stereocenters. The maximum Gasteiger partial charge on any atom is 0.0634 e. The topological polar surface area (TPSA) is 32.7 Å². The second-order valence-corrected chi connectivity index (χ2v) is 5.44. The highest BCUT2D eigenvalue weighted by atomic mass is 16.5. The zero-order chi connectivity index (χ0) is 12.0. The van der Waals surface area contributed by atoms with Crippen molar-refractivity contribution in [3.63, 3.8) is 0 Å². The van der Waals surface area contributed by atoms with Crippen LogP contribution in [-0.2, 0) is 4.74 Å². The van der Waals surface area contributed by atoms with Gasteiger partial charge in [0.2, 0.25) is 0 Å². The molecule has 1 aliphatic heterocycles. The summed E-state index contributed by atoms with van der Waals surface area (Å²) in [6, 6.07) is 0.371. The van der Waals surface area contributed by atoms with Gasteiger partial charge in [0.25, 0.3) is 0 Å². The van der Waals surface area contributed by atoms with E-state index in [9.17, 15) is 5.11 Å². The Labute approximate surface area is 99.8 Å². The van der Waals surface area contributed by atoms with Gasteiger partial charge < -0.3 is 9.84 Å². The van der Waals surface area contributed by atoms with Gasteiger partial charge in [0, 0.05) is 19.7 Å². The zero-order valence-electron chi connectivity index (χ0n) is 11.0. The van der Waals surface area contributed by atoms with E-state index in [1.54, 1.807) is 7.11 Å². The van der Waals surface area contributed by atoms with Gasteiger partial charge in [-0.2, -0.15) is 0 Å². The molecule has 3 heteroatoms. The molecule has 0 amide bonds. The summed E-state index contributed by atoms with van der Waals surface area (Å²) in [5.41, 5.74) is -0.0493. The third-order valence-electron chi connectivity index (χ3n) is 3.76. The average molecular weight is 229 g/mol. The molecule has 1 fully saturated rings. The first-order valence-electron chi connectivity index (χ1n) is 6.49. The lowest BCUT2D eigenvalue weighted by Crippen LogP contribution is -2.40. The minimum Gasteiger partial charge on any atom is -0.395 e. The number of aliphatic hydroxyl groups is 1. The average Bonchev–Trinajstić information content (AvgIpc) is 2.51. The monoisotopic (exact) mass is 229 g/mol. The number of hydrogen-bond donors (Lipinski definition) is 1. The van der Waals surface area contributed by atoms with Gasteiger partial charge in [-0.25, -0.2) is 0 Å². The third kappa shape index (κ3) is 4.40. The lowest BCUT2D eigenvalue weighted by atomic mass is 10.0. The van der Waals surface area contributed by atoms with Crippen molar-refractivity contribution < 1.29 is 9.84 Å². The van der Waals surface area contributed by atoms with Crippen molar-refractivity contribution in [2.45, 2.75) is 57.6 Å². The van der Waals surface area contributed by atoms with E-state index < -0.39 is 0 Å². The zero-order valence-corrected chi connectivity index (χ0v) is 11.0. The van der Waals surface area contributed by atoms with Crippen LogP contribution in [0, 0.1) is 0 Å². The maximum atomic E-state index is 9.40. The molecule has 1 N–H and O–H groups in total. The molecular weight excluding hydrogens is 202 g/mol. The largest absolute Gasteiger partial charge is 0.395 e. The molecule has 0 spiro atoms.